The van der Waals surface area contributed by atoms with Crippen molar-refractivity contribution in [1.29, 1.82) is 0 Å². The lowest BCUT2D eigenvalue weighted by atomic mass is 10.1. The average Bonchev–Trinajstić information content (AvgIpc) is 2.53. The fourth-order valence-electron chi connectivity index (χ4n) is 1.60. The number of aliphatic carboxylic acids is 1. The standard InChI is InChI=1S/C13H24N4O7S/c1-5(14)10(20)17-9(6(2)19)12(22)16-8(4-25)11(21)15-7(3-18)13(23)24/h5-9,18-19,25H,3-4,14H2,1-2H3,(H,15,21)(H,16,22)(H,17,20)(H,23,24). The molecule has 144 valence electrons. The van der Waals surface area contributed by atoms with E-state index in [4.69, 9.17) is 15.9 Å². The van der Waals surface area contributed by atoms with Crippen LogP contribution in [0.4, 0.5) is 0 Å². The third-order valence-electron chi connectivity index (χ3n) is 3.09. The Morgan fingerprint density at radius 1 is 1.00 bits per heavy atom. The summed E-state index contributed by atoms with van der Waals surface area (Å²) in [5.41, 5.74) is 5.38. The van der Waals surface area contributed by atoms with Crippen LogP contribution in [0.15, 0.2) is 0 Å². The molecule has 0 aliphatic carbocycles. The van der Waals surface area contributed by atoms with Crippen molar-refractivity contribution >= 4 is 36.3 Å². The summed E-state index contributed by atoms with van der Waals surface area (Å²) in [6.45, 7) is 1.81. The minimum absolute atomic E-state index is 0.191. The Bertz CT molecular complexity index is 501. The first-order valence-corrected chi connectivity index (χ1v) is 7.97. The van der Waals surface area contributed by atoms with E-state index in [1.807, 2.05) is 5.32 Å². The highest BCUT2D eigenvalue weighted by Crippen LogP contribution is 1.98. The van der Waals surface area contributed by atoms with Crippen LogP contribution in [0.3, 0.4) is 0 Å². The van der Waals surface area contributed by atoms with Gasteiger partial charge in [-0.25, -0.2) is 4.79 Å². The van der Waals surface area contributed by atoms with Crippen molar-refractivity contribution in [2.45, 2.75) is 44.1 Å². The van der Waals surface area contributed by atoms with E-state index < -0.39 is 60.6 Å². The number of hydrogen-bond acceptors (Lipinski definition) is 8. The molecule has 0 fully saturated rings. The highest BCUT2D eigenvalue weighted by Gasteiger charge is 2.31. The summed E-state index contributed by atoms with van der Waals surface area (Å²) >= 11 is 3.90. The fourth-order valence-corrected chi connectivity index (χ4v) is 1.86. The van der Waals surface area contributed by atoms with E-state index in [0.717, 1.165) is 0 Å². The van der Waals surface area contributed by atoms with Crippen molar-refractivity contribution in [2.24, 2.45) is 5.73 Å². The number of carbonyl (C=O) groups is 4. The van der Waals surface area contributed by atoms with Gasteiger partial charge in [0.2, 0.25) is 17.7 Å². The summed E-state index contributed by atoms with van der Waals surface area (Å²) in [6, 6.07) is -5.09. The number of nitrogens with two attached hydrogens (primary N) is 1. The Morgan fingerprint density at radius 2 is 1.52 bits per heavy atom. The van der Waals surface area contributed by atoms with Crippen LogP contribution >= 0.6 is 12.6 Å². The molecular weight excluding hydrogens is 356 g/mol. The van der Waals surface area contributed by atoms with Crippen molar-refractivity contribution in [3.63, 3.8) is 0 Å². The number of carbonyl (C=O) groups excluding carboxylic acids is 3. The Labute approximate surface area is 149 Å². The van der Waals surface area contributed by atoms with E-state index in [2.05, 4.69) is 23.3 Å². The first-order valence-electron chi connectivity index (χ1n) is 7.34. The lowest BCUT2D eigenvalue weighted by Crippen LogP contribution is -2.60. The number of thiol groups is 1. The molecule has 0 saturated carbocycles. The second kappa shape index (κ2) is 10.9. The SMILES string of the molecule is CC(N)C(=O)NC(C(=O)NC(CS)C(=O)NC(CO)C(=O)O)C(C)O. The number of carboxylic acid groups (broad SMARTS) is 1. The molecule has 8 N–H and O–H groups in total. The number of aliphatic hydroxyl groups is 2. The van der Waals surface area contributed by atoms with E-state index in [9.17, 15) is 24.3 Å². The van der Waals surface area contributed by atoms with Crippen LogP contribution in [-0.4, -0.2) is 81.6 Å². The van der Waals surface area contributed by atoms with Gasteiger partial charge in [-0.3, -0.25) is 14.4 Å². The van der Waals surface area contributed by atoms with Gasteiger partial charge in [0, 0.05) is 5.75 Å². The van der Waals surface area contributed by atoms with Crippen molar-refractivity contribution in [2.75, 3.05) is 12.4 Å². The molecule has 11 nitrogen and oxygen atoms in total. The Kier molecular flexibility index (Phi) is 10.0. The molecule has 0 aromatic carbocycles. The van der Waals surface area contributed by atoms with Crippen molar-refractivity contribution < 1.29 is 34.5 Å². The van der Waals surface area contributed by atoms with Gasteiger partial charge in [-0.1, -0.05) is 0 Å². The Hall–Kier alpha value is -1.89. The summed E-state index contributed by atoms with van der Waals surface area (Å²) in [6.07, 6.45) is -1.28. The highest BCUT2D eigenvalue weighted by molar-refractivity contribution is 7.80. The monoisotopic (exact) mass is 380 g/mol. The summed E-state index contributed by atoms with van der Waals surface area (Å²) in [5.74, 6) is -4.10. The number of hydrogen-bond donors (Lipinski definition) is 8. The van der Waals surface area contributed by atoms with Gasteiger partial charge >= 0.3 is 5.97 Å². The maximum absolute atomic E-state index is 12.2. The van der Waals surface area contributed by atoms with Crippen LogP contribution in [0.5, 0.6) is 0 Å². The number of amides is 3. The van der Waals surface area contributed by atoms with Crippen molar-refractivity contribution in [3.05, 3.63) is 0 Å². The van der Waals surface area contributed by atoms with Gasteiger partial charge < -0.3 is 37.0 Å². The van der Waals surface area contributed by atoms with Crippen molar-refractivity contribution in [3.8, 4) is 0 Å². The van der Waals surface area contributed by atoms with E-state index in [1.165, 1.54) is 13.8 Å². The van der Waals surface area contributed by atoms with Crippen LogP contribution < -0.4 is 21.7 Å². The normalized spacial score (nSPS) is 16.7. The maximum Gasteiger partial charge on any atom is 0.328 e. The van der Waals surface area contributed by atoms with Gasteiger partial charge in [0.05, 0.1) is 18.8 Å². The summed E-state index contributed by atoms with van der Waals surface area (Å²) in [4.78, 5) is 46.6. The molecule has 25 heavy (non-hydrogen) atoms. The number of aliphatic hydroxyl groups excluding tert-OH is 2. The zero-order valence-corrected chi connectivity index (χ0v) is 14.7. The van der Waals surface area contributed by atoms with Crippen LogP contribution in [0, 0.1) is 0 Å². The average molecular weight is 380 g/mol. The predicted octanol–water partition coefficient (Wildman–Crippen LogP) is -3.82. The van der Waals surface area contributed by atoms with Crippen LogP contribution in [0.25, 0.3) is 0 Å². The van der Waals surface area contributed by atoms with E-state index in [1.54, 1.807) is 0 Å². The highest BCUT2D eigenvalue weighted by atomic mass is 32.1. The van der Waals surface area contributed by atoms with Crippen LogP contribution in [0.2, 0.25) is 0 Å². The summed E-state index contributed by atoms with van der Waals surface area (Å²) < 4.78 is 0. The predicted molar refractivity (Wildman–Crippen MR) is 89.7 cm³/mol. The molecule has 0 aromatic heterocycles. The van der Waals surface area contributed by atoms with E-state index >= 15 is 0 Å². The van der Waals surface area contributed by atoms with Gasteiger partial charge in [0.1, 0.15) is 18.1 Å². The second-order valence-corrected chi connectivity index (χ2v) is 5.71. The summed E-state index contributed by atoms with van der Waals surface area (Å²) in [7, 11) is 0. The summed E-state index contributed by atoms with van der Waals surface area (Å²) in [5, 5.41) is 33.9. The fraction of sp³-hybridized carbons (Fsp3) is 0.692. The molecule has 0 bridgehead atoms. The smallest absolute Gasteiger partial charge is 0.328 e. The second-order valence-electron chi connectivity index (χ2n) is 5.34. The number of nitrogens with one attached hydrogen (secondary N) is 3. The third-order valence-corrected chi connectivity index (χ3v) is 3.45. The molecule has 0 saturated heterocycles. The van der Waals surface area contributed by atoms with E-state index in [0.29, 0.717) is 0 Å². The van der Waals surface area contributed by atoms with Gasteiger partial charge in [-0.2, -0.15) is 12.6 Å². The molecule has 0 spiro atoms. The molecule has 0 aliphatic heterocycles. The van der Waals surface area contributed by atoms with Crippen molar-refractivity contribution in [1.82, 2.24) is 16.0 Å². The quantitative estimate of drug-likeness (QED) is 0.177. The van der Waals surface area contributed by atoms with Gasteiger partial charge in [0.25, 0.3) is 0 Å². The molecular formula is C13H24N4O7S. The molecule has 5 unspecified atom stereocenters. The zero-order valence-electron chi connectivity index (χ0n) is 13.8. The first-order chi connectivity index (χ1) is 11.5. The minimum Gasteiger partial charge on any atom is -0.480 e. The maximum atomic E-state index is 12.2. The Morgan fingerprint density at radius 3 is 1.88 bits per heavy atom. The zero-order chi connectivity index (χ0) is 19.7. The van der Waals surface area contributed by atoms with Crippen LogP contribution in [-0.2, 0) is 19.2 Å². The molecule has 0 aliphatic rings. The van der Waals surface area contributed by atoms with Gasteiger partial charge in [-0.15, -0.1) is 0 Å². The molecule has 0 rings (SSSR count). The molecule has 0 radical (unpaired) electrons. The lowest BCUT2D eigenvalue weighted by molar-refractivity contribution is -0.143. The number of carboxylic acids is 1. The third kappa shape index (κ3) is 7.69. The largest absolute Gasteiger partial charge is 0.480 e. The molecule has 0 heterocycles. The molecule has 5 atom stereocenters. The topological polar surface area (TPSA) is 191 Å². The van der Waals surface area contributed by atoms with Crippen LogP contribution in [0.1, 0.15) is 13.8 Å². The van der Waals surface area contributed by atoms with E-state index in [-0.39, 0.29) is 5.75 Å². The first kappa shape index (κ1) is 23.1. The molecule has 0 aromatic rings. The minimum atomic E-state index is -1.54. The number of rotatable bonds is 10. The van der Waals surface area contributed by atoms with Gasteiger partial charge in [0.15, 0.2) is 0 Å². The Balaban J connectivity index is 5.01. The van der Waals surface area contributed by atoms with Gasteiger partial charge in [-0.05, 0) is 13.8 Å². The molecule has 12 heteroatoms. The lowest BCUT2D eigenvalue weighted by Gasteiger charge is -2.25. The molecule has 3 amide bonds.